The van der Waals surface area contributed by atoms with E-state index in [1.807, 2.05) is 0 Å². The Labute approximate surface area is 118 Å². The van der Waals surface area contributed by atoms with Gasteiger partial charge in [-0.25, -0.2) is 0 Å². The van der Waals surface area contributed by atoms with Crippen LogP contribution in [0.5, 0.6) is 0 Å². The zero-order valence-electron chi connectivity index (χ0n) is 13.0. The highest BCUT2D eigenvalue weighted by Gasteiger charge is 2.30. The topological polar surface area (TPSA) is 12.0 Å². The summed E-state index contributed by atoms with van der Waals surface area (Å²) in [5, 5.41) is 3.72. The monoisotopic (exact) mass is 259 g/mol. The van der Waals surface area contributed by atoms with E-state index in [0.717, 1.165) is 12.5 Å². The normalized spacial score (nSPS) is 17.5. The summed E-state index contributed by atoms with van der Waals surface area (Å²) < 4.78 is 0. The molecule has 1 nitrogen and oxygen atoms in total. The van der Waals surface area contributed by atoms with E-state index in [0.29, 0.717) is 6.04 Å². The number of hydrogen-bond donors (Lipinski definition) is 1. The van der Waals surface area contributed by atoms with Crippen molar-refractivity contribution >= 4 is 0 Å². The van der Waals surface area contributed by atoms with Gasteiger partial charge in [0.05, 0.1) is 0 Å². The molecule has 1 aromatic carbocycles. The van der Waals surface area contributed by atoms with Gasteiger partial charge in [-0.1, -0.05) is 52.0 Å². The van der Waals surface area contributed by atoms with Crippen LogP contribution in [0.15, 0.2) is 24.3 Å². The molecule has 0 aromatic heterocycles. The van der Waals surface area contributed by atoms with Crippen molar-refractivity contribution in [3.63, 3.8) is 0 Å². The molecular weight excluding hydrogens is 230 g/mol. The van der Waals surface area contributed by atoms with E-state index >= 15 is 0 Å². The van der Waals surface area contributed by atoms with Crippen molar-refractivity contribution in [3.05, 3.63) is 35.4 Å². The summed E-state index contributed by atoms with van der Waals surface area (Å²) in [6.07, 6.45) is 5.25. The molecule has 1 aliphatic rings. The molecule has 1 aromatic rings. The fourth-order valence-corrected chi connectivity index (χ4v) is 2.63. The van der Waals surface area contributed by atoms with Crippen molar-refractivity contribution in [1.29, 1.82) is 0 Å². The smallest absolute Gasteiger partial charge is 0.0136 e. The van der Waals surface area contributed by atoms with Gasteiger partial charge in [-0.3, -0.25) is 0 Å². The fraction of sp³-hybridized carbons (Fsp3) is 0.667. The van der Waals surface area contributed by atoms with Gasteiger partial charge in [0.1, 0.15) is 0 Å². The highest BCUT2D eigenvalue weighted by molar-refractivity contribution is 5.28. The van der Waals surface area contributed by atoms with Gasteiger partial charge in [-0.2, -0.15) is 0 Å². The molecule has 2 rings (SSSR count). The molecule has 0 amide bonds. The predicted molar refractivity (Wildman–Crippen MR) is 83.7 cm³/mol. The Hall–Kier alpha value is -0.820. The Balaban J connectivity index is 1.97. The second kappa shape index (κ2) is 6.09. The van der Waals surface area contributed by atoms with Gasteiger partial charge in [-0.05, 0) is 54.7 Å². The minimum Gasteiger partial charge on any atom is -0.313 e. The number of rotatable bonds is 6. The van der Waals surface area contributed by atoms with Gasteiger partial charge < -0.3 is 5.32 Å². The van der Waals surface area contributed by atoms with E-state index < -0.39 is 0 Å². The molecule has 1 heteroatoms. The summed E-state index contributed by atoms with van der Waals surface area (Å²) in [7, 11) is 0. The Kier molecular flexibility index (Phi) is 4.67. The number of benzene rings is 1. The van der Waals surface area contributed by atoms with E-state index in [1.165, 1.54) is 36.8 Å². The Morgan fingerprint density at radius 2 is 1.79 bits per heavy atom. The summed E-state index contributed by atoms with van der Waals surface area (Å²) >= 11 is 0. The van der Waals surface area contributed by atoms with E-state index in [2.05, 4.69) is 57.3 Å². The minimum atomic E-state index is 0.259. The highest BCUT2D eigenvalue weighted by atomic mass is 14.9. The van der Waals surface area contributed by atoms with Crippen molar-refractivity contribution in [2.45, 2.75) is 64.8 Å². The van der Waals surface area contributed by atoms with Gasteiger partial charge in [0, 0.05) is 6.04 Å². The van der Waals surface area contributed by atoms with Crippen molar-refractivity contribution in [2.24, 2.45) is 5.92 Å². The van der Waals surface area contributed by atoms with Crippen LogP contribution >= 0.6 is 0 Å². The summed E-state index contributed by atoms with van der Waals surface area (Å²) in [6, 6.07) is 9.95. The number of nitrogens with one attached hydrogen (secondary N) is 1. The third-order valence-electron chi connectivity index (χ3n) is 4.12. The average molecular weight is 259 g/mol. The van der Waals surface area contributed by atoms with Crippen molar-refractivity contribution in [1.82, 2.24) is 5.32 Å². The SMILES string of the molecule is CCCNC(Cc1ccc(C(C)(C)C)cc1)C1CC1. The fourth-order valence-electron chi connectivity index (χ4n) is 2.63. The second-order valence-electron chi connectivity index (χ2n) is 7.05. The molecule has 1 unspecified atom stereocenters. The Morgan fingerprint density at radius 1 is 1.16 bits per heavy atom. The molecule has 1 aliphatic carbocycles. The van der Waals surface area contributed by atoms with E-state index in [1.54, 1.807) is 0 Å². The molecule has 0 aliphatic heterocycles. The lowest BCUT2D eigenvalue weighted by Crippen LogP contribution is -2.33. The van der Waals surface area contributed by atoms with Crippen LogP contribution in [0.25, 0.3) is 0 Å². The molecule has 1 N–H and O–H groups in total. The molecule has 0 saturated heterocycles. The first-order chi connectivity index (χ1) is 9.00. The van der Waals surface area contributed by atoms with Crippen LogP contribution < -0.4 is 5.32 Å². The van der Waals surface area contributed by atoms with Gasteiger partial charge in [0.2, 0.25) is 0 Å². The Morgan fingerprint density at radius 3 is 2.26 bits per heavy atom. The first-order valence-corrected chi connectivity index (χ1v) is 7.83. The quantitative estimate of drug-likeness (QED) is 0.803. The summed E-state index contributed by atoms with van der Waals surface area (Å²) in [6.45, 7) is 10.2. The van der Waals surface area contributed by atoms with Gasteiger partial charge in [0.15, 0.2) is 0 Å². The molecule has 1 fully saturated rings. The summed E-state index contributed by atoms with van der Waals surface area (Å²) in [4.78, 5) is 0. The highest BCUT2D eigenvalue weighted by Crippen LogP contribution is 2.34. The first-order valence-electron chi connectivity index (χ1n) is 7.83. The van der Waals surface area contributed by atoms with Crippen molar-refractivity contribution < 1.29 is 0 Å². The van der Waals surface area contributed by atoms with Gasteiger partial charge in [-0.15, -0.1) is 0 Å². The molecule has 0 radical (unpaired) electrons. The van der Waals surface area contributed by atoms with Crippen molar-refractivity contribution in [3.8, 4) is 0 Å². The van der Waals surface area contributed by atoms with Crippen LogP contribution in [-0.2, 0) is 11.8 Å². The van der Waals surface area contributed by atoms with Crippen LogP contribution in [0.1, 0.15) is 58.1 Å². The van der Waals surface area contributed by atoms with Crippen LogP contribution in [0.3, 0.4) is 0 Å². The largest absolute Gasteiger partial charge is 0.313 e. The van der Waals surface area contributed by atoms with Crippen LogP contribution in [0, 0.1) is 5.92 Å². The predicted octanol–water partition coefficient (Wildman–Crippen LogP) is 4.30. The molecular formula is C18H29N. The lowest BCUT2D eigenvalue weighted by molar-refractivity contribution is 0.460. The van der Waals surface area contributed by atoms with Crippen molar-refractivity contribution in [2.75, 3.05) is 6.54 Å². The lowest BCUT2D eigenvalue weighted by atomic mass is 9.86. The maximum Gasteiger partial charge on any atom is 0.0136 e. The molecule has 0 bridgehead atoms. The van der Waals surface area contributed by atoms with Gasteiger partial charge >= 0.3 is 0 Å². The van der Waals surface area contributed by atoms with Gasteiger partial charge in [0.25, 0.3) is 0 Å². The zero-order valence-corrected chi connectivity index (χ0v) is 13.0. The molecule has 0 heterocycles. The van der Waals surface area contributed by atoms with Crippen LogP contribution in [0.2, 0.25) is 0 Å². The lowest BCUT2D eigenvalue weighted by Gasteiger charge is -2.21. The molecule has 0 spiro atoms. The molecule has 1 saturated carbocycles. The maximum absolute atomic E-state index is 3.72. The average Bonchev–Trinajstić information content (AvgIpc) is 3.18. The maximum atomic E-state index is 3.72. The third-order valence-corrected chi connectivity index (χ3v) is 4.12. The minimum absolute atomic E-state index is 0.259. The standard InChI is InChI=1S/C18H29N/c1-5-12-19-17(15-8-9-15)13-14-6-10-16(11-7-14)18(2,3)4/h6-7,10-11,15,17,19H,5,8-9,12-13H2,1-4H3. The molecule has 106 valence electrons. The summed E-state index contributed by atoms with van der Waals surface area (Å²) in [5.74, 6) is 0.925. The molecule has 1 atom stereocenters. The molecule has 19 heavy (non-hydrogen) atoms. The van der Waals surface area contributed by atoms with Crippen LogP contribution in [0.4, 0.5) is 0 Å². The van der Waals surface area contributed by atoms with Crippen LogP contribution in [-0.4, -0.2) is 12.6 Å². The van der Waals surface area contributed by atoms with E-state index in [-0.39, 0.29) is 5.41 Å². The first kappa shape index (κ1) is 14.6. The van der Waals surface area contributed by atoms with E-state index in [4.69, 9.17) is 0 Å². The van der Waals surface area contributed by atoms with E-state index in [9.17, 15) is 0 Å². The number of hydrogen-bond acceptors (Lipinski definition) is 1. The third kappa shape index (κ3) is 4.35. The second-order valence-corrected chi connectivity index (χ2v) is 7.05. The summed E-state index contributed by atoms with van der Waals surface area (Å²) in [5.41, 5.74) is 3.17. The Bertz CT molecular complexity index is 381. The zero-order chi connectivity index (χ0) is 13.9.